The molecule has 2 N–H and O–H groups in total. The Balaban J connectivity index is 2.93. The molecule has 0 radical (unpaired) electrons. The second-order valence-electron chi connectivity index (χ2n) is 5.09. The molecule has 0 aromatic heterocycles. The predicted molar refractivity (Wildman–Crippen MR) is 85.8 cm³/mol. The van der Waals surface area contributed by atoms with Crippen molar-refractivity contribution in [3.8, 4) is 0 Å². The third kappa shape index (κ3) is 5.02. The Morgan fingerprint density at radius 1 is 1.33 bits per heavy atom. The Hall–Kier alpha value is -1.59. The number of carbonyl (C=O) groups is 2. The Bertz CT molecular complexity index is 518. The van der Waals surface area contributed by atoms with Gasteiger partial charge in [0.2, 0.25) is 5.91 Å². The van der Waals surface area contributed by atoms with Crippen molar-refractivity contribution < 1.29 is 9.59 Å². The Morgan fingerprint density at radius 2 is 2.00 bits per heavy atom. The molecule has 0 aliphatic rings. The first-order valence-corrected chi connectivity index (χ1v) is 7.27. The van der Waals surface area contributed by atoms with Crippen molar-refractivity contribution >= 4 is 29.1 Å². The van der Waals surface area contributed by atoms with Crippen LogP contribution in [0.1, 0.15) is 24.2 Å². The minimum atomic E-state index is -0.203. The van der Waals surface area contributed by atoms with Crippen LogP contribution in [0, 0.1) is 5.92 Å². The zero-order valence-electron chi connectivity index (χ0n) is 12.9. The summed E-state index contributed by atoms with van der Waals surface area (Å²) in [6.07, 6.45) is 0. The van der Waals surface area contributed by atoms with Crippen molar-refractivity contribution in [1.82, 2.24) is 10.2 Å². The number of hydrogen-bond acceptors (Lipinski definition) is 3. The normalized spacial score (nSPS) is 11.9. The number of carbonyl (C=O) groups excluding carboxylic acids is 2. The number of hydrogen-bond donors (Lipinski definition) is 2. The number of amides is 2. The molecule has 0 aliphatic carbocycles. The van der Waals surface area contributed by atoms with Crippen LogP contribution in [0.4, 0.5) is 5.69 Å². The molecule has 2 amide bonds. The van der Waals surface area contributed by atoms with Crippen molar-refractivity contribution in [3.63, 3.8) is 0 Å². The first kappa shape index (κ1) is 17.5. The van der Waals surface area contributed by atoms with Gasteiger partial charge < -0.3 is 15.5 Å². The average Bonchev–Trinajstić information content (AvgIpc) is 2.44. The highest BCUT2D eigenvalue weighted by Crippen LogP contribution is 2.22. The van der Waals surface area contributed by atoms with E-state index >= 15 is 0 Å². The van der Waals surface area contributed by atoms with E-state index in [-0.39, 0.29) is 17.7 Å². The summed E-state index contributed by atoms with van der Waals surface area (Å²) in [5.41, 5.74) is 0.864. The van der Waals surface area contributed by atoms with Gasteiger partial charge in [-0.15, -0.1) is 0 Å². The van der Waals surface area contributed by atoms with Gasteiger partial charge in [-0.1, -0.05) is 25.4 Å². The highest BCUT2D eigenvalue weighted by atomic mass is 35.5. The van der Waals surface area contributed by atoms with Gasteiger partial charge in [0.25, 0.3) is 5.91 Å². The molecule has 1 unspecified atom stereocenters. The lowest BCUT2D eigenvalue weighted by Crippen LogP contribution is -2.31. The SMILES string of the molecule is CCNCC(C)C(=O)Nc1cc(Cl)ccc1C(=O)N(C)C. The van der Waals surface area contributed by atoms with E-state index in [9.17, 15) is 9.59 Å². The Morgan fingerprint density at radius 3 is 2.57 bits per heavy atom. The molecule has 0 fully saturated rings. The summed E-state index contributed by atoms with van der Waals surface area (Å²) < 4.78 is 0. The van der Waals surface area contributed by atoms with E-state index in [4.69, 9.17) is 11.6 Å². The van der Waals surface area contributed by atoms with Crippen molar-refractivity contribution in [3.05, 3.63) is 28.8 Å². The van der Waals surface area contributed by atoms with Gasteiger partial charge in [-0.25, -0.2) is 0 Å². The monoisotopic (exact) mass is 311 g/mol. The van der Waals surface area contributed by atoms with Crippen LogP contribution in [0.2, 0.25) is 5.02 Å². The van der Waals surface area contributed by atoms with Gasteiger partial charge in [-0.05, 0) is 24.7 Å². The fourth-order valence-corrected chi connectivity index (χ4v) is 1.93. The van der Waals surface area contributed by atoms with E-state index in [2.05, 4.69) is 10.6 Å². The van der Waals surface area contributed by atoms with Crippen LogP contribution in [0.3, 0.4) is 0 Å². The molecule has 0 saturated carbocycles. The van der Waals surface area contributed by atoms with Gasteiger partial charge in [0.05, 0.1) is 11.3 Å². The summed E-state index contributed by atoms with van der Waals surface area (Å²) in [5, 5.41) is 6.38. The van der Waals surface area contributed by atoms with Crippen LogP contribution in [0.5, 0.6) is 0 Å². The summed E-state index contributed by atoms with van der Waals surface area (Å²) in [7, 11) is 3.33. The molecule has 21 heavy (non-hydrogen) atoms. The fraction of sp³-hybridized carbons (Fsp3) is 0.467. The number of nitrogens with zero attached hydrogens (tertiary/aromatic N) is 1. The van der Waals surface area contributed by atoms with Gasteiger partial charge in [0.15, 0.2) is 0 Å². The smallest absolute Gasteiger partial charge is 0.255 e. The molecular formula is C15H22ClN3O2. The Labute approximate surface area is 130 Å². The van der Waals surface area contributed by atoms with Crippen LogP contribution < -0.4 is 10.6 Å². The van der Waals surface area contributed by atoms with Crippen LogP contribution >= 0.6 is 11.6 Å². The number of nitrogens with one attached hydrogen (secondary N) is 2. The summed E-state index contributed by atoms with van der Waals surface area (Å²) in [6, 6.07) is 4.85. The number of anilines is 1. The summed E-state index contributed by atoms with van der Waals surface area (Å²) in [5.74, 6) is -0.529. The summed E-state index contributed by atoms with van der Waals surface area (Å²) in [4.78, 5) is 25.7. The molecule has 1 aromatic carbocycles. The fourth-order valence-electron chi connectivity index (χ4n) is 1.76. The zero-order chi connectivity index (χ0) is 16.0. The quantitative estimate of drug-likeness (QED) is 0.847. The predicted octanol–water partition coefficient (Wildman–Crippen LogP) is 2.23. The molecule has 1 aromatic rings. The van der Waals surface area contributed by atoms with E-state index in [1.165, 1.54) is 4.90 Å². The maximum atomic E-state index is 12.2. The molecule has 0 heterocycles. The first-order valence-electron chi connectivity index (χ1n) is 6.89. The zero-order valence-corrected chi connectivity index (χ0v) is 13.6. The minimum Gasteiger partial charge on any atom is -0.345 e. The topological polar surface area (TPSA) is 61.4 Å². The third-order valence-corrected chi connectivity index (χ3v) is 3.26. The number of rotatable bonds is 6. The van der Waals surface area contributed by atoms with Crippen LogP contribution in [-0.4, -0.2) is 43.9 Å². The van der Waals surface area contributed by atoms with Gasteiger partial charge in [-0.2, -0.15) is 0 Å². The largest absolute Gasteiger partial charge is 0.345 e. The van der Waals surface area contributed by atoms with E-state index in [0.717, 1.165) is 6.54 Å². The summed E-state index contributed by atoms with van der Waals surface area (Å²) in [6.45, 7) is 5.20. The van der Waals surface area contributed by atoms with Crippen molar-refractivity contribution in [2.45, 2.75) is 13.8 Å². The van der Waals surface area contributed by atoms with Gasteiger partial charge in [0.1, 0.15) is 0 Å². The molecule has 1 atom stereocenters. The molecule has 116 valence electrons. The molecule has 0 bridgehead atoms. The lowest BCUT2D eigenvalue weighted by Gasteiger charge is -2.17. The van der Waals surface area contributed by atoms with Gasteiger partial charge in [-0.3, -0.25) is 9.59 Å². The Kier molecular flexibility index (Phi) is 6.65. The summed E-state index contributed by atoms with van der Waals surface area (Å²) >= 11 is 5.96. The maximum absolute atomic E-state index is 12.2. The second kappa shape index (κ2) is 8.00. The van der Waals surface area contributed by atoms with Crippen molar-refractivity contribution in [2.75, 3.05) is 32.5 Å². The minimum absolute atomic E-state index is 0.147. The van der Waals surface area contributed by atoms with Gasteiger partial charge >= 0.3 is 0 Å². The standard InChI is InChI=1S/C15H22ClN3O2/c1-5-17-9-10(2)14(20)18-13-8-11(16)6-7-12(13)15(21)19(3)4/h6-8,10,17H,5,9H2,1-4H3,(H,18,20). The number of benzene rings is 1. The van der Waals surface area contributed by atoms with E-state index < -0.39 is 0 Å². The molecular weight excluding hydrogens is 290 g/mol. The van der Waals surface area contributed by atoms with Gasteiger partial charge in [0, 0.05) is 31.6 Å². The molecule has 5 nitrogen and oxygen atoms in total. The highest BCUT2D eigenvalue weighted by Gasteiger charge is 2.18. The lowest BCUT2D eigenvalue weighted by molar-refractivity contribution is -0.119. The van der Waals surface area contributed by atoms with Crippen molar-refractivity contribution in [1.29, 1.82) is 0 Å². The van der Waals surface area contributed by atoms with E-state index in [0.29, 0.717) is 22.8 Å². The van der Waals surface area contributed by atoms with Crippen LogP contribution in [0.15, 0.2) is 18.2 Å². The highest BCUT2D eigenvalue weighted by molar-refractivity contribution is 6.31. The van der Waals surface area contributed by atoms with E-state index in [1.807, 2.05) is 13.8 Å². The van der Waals surface area contributed by atoms with Crippen LogP contribution in [0.25, 0.3) is 0 Å². The molecule has 1 rings (SSSR count). The lowest BCUT2D eigenvalue weighted by atomic mass is 10.1. The molecule has 0 spiro atoms. The first-order chi connectivity index (χ1) is 9.86. The molecule has 6 heteroatoms. The van der Waals surface area contributed by atoms with Crippen LogP contribution in [-0.2, 0) is 4.79 Å². The van der Waals surface area contributed by atoms with Crippen molar-refractivity contribution in [2.24, 2.45) is 5.92 Å². The number of halogens is 1. The average molecular weight is 312 g/mol. The second-order valence-corrected chi connectivity index (χ2v) is 5.52. The van der Waals surface area contributed by atoms with E-state index in [1.54, 1.807) is 32.3 Å². The molecule has 0 saturated heterocycles. The molecule has 0 aliphatic heterocycles. The maximum Gasteiger partial charge on any atom is 0.255 e. The third-order valence-electron chi connectivity index (χ3n) is 3.02.